The van der Waals surface area contributed by atoms with Gasteiger partial charge in [-0.15, -0.1) is 0 Å². The summed E-state index contributed by atoms with van der Waals surface area (Å²) in [6.45, 7) is 0.0649. The minimum atomic E-state index is -3.74. The van der Waals surface area contributed by atoms with E-state index in [1.165, 1.54) is 21.3 Å². The summed E-state index contributed by atoms with van der Waals surface area (Å²) in [5.41, 5.74) is 0.798. The van der Waals surface area contributed by atoms with Crippen molar-refractivity contribution in [2.45, 2.75) is 23.6 Å². The van der Waals surface area contributed by atoms with E-state index in [0.717, 1.165) is 5.56 Å². The molecule has 2 heterocycles. The number of rotatable bonds is 4. The molecule has 7 nitrogen and oxygen atoms in total. The van der Waals surface area contributed by atoms with Crippen LogP contribution in [0.1, 0.15) is 18.0 Å². The van der Waals surface area contributed by atoms with Gasteiger partial charge < -0.3 is 9.84 Å². The van der Waals surface area contributed by atoms with E-state index >= 15 is 0 Å². The molecule has 124 valence electrons. The second kappa shape index (κ2) is 5.95. The molecule has 3 rings (SSSR count). The molecular weight excluding hydrogens is 318 g/mol. The fraction of sp³-hybridized carbons (Fsp3) is 0.400. The van der Waals surface area contributed by atoms with Crippen LogP contribution in [0.3, 0.4) is 0 Å². The van der Waals surface area contributed by atoms with E-state index < -0.39 is 22.2 Å². The Morgan fingerprint density at radius 3 is 2.78 bits per heavy atom. The highest BCUT2D eigenvalue weighted by molar-refractivity contribution is 7.89. The maximum atomic E-state index is 12.9. The van der Waals surface area contributed by atoms with Gasteiger partial charge in [0.2, 0.25) is 0 Å². The molecule has 1 aliphatic rings. The summed E-state index contributed by atoms with van der Waals surface area (Å²) in [6, 6.07) is 8.29. The van der Waals surface area contributed by atoms with E-state index in [9.17, 15) is 13.5 Å². The van der Waals surface area contributed by atoms with Crippen LogP contribution in [0.2, 0.25) is 0 Å². The molecule has 8 heteroatoms. The highest BCUT2D eigenvalue weighted by Crippen LogP contribution is 2.37. The Bertz CT molecular complexity index is 803. The van der Waals surface area contributed by atoms with Crippen molar-refractivity contribution < 1.29 is 18.3 Å². The summed E-state index contributed by atoms with van der Waals surface area (Å²) >= 11 is 0. The summed E-state index contributed by atoms with van der Waals surface area (Å²) < 4.78 is 33.7. The second-order valence-corrected chi connectivity index (χ2v) is 7.39. The van der Waals surface area contributed by atoms with Crippen LogP contribution in [0, 0.1) is 0 Å². The van der Waals surface area contributed by atoms with E-state index in [2.05, 4.69) is 5.10 Å². The van der Waals surface area contributed by atoms with Crippen LogP contribution in [-0.2, 0) is 17.1 Å². The first-order valence-corrected chi connectivity index (χ1v) is 8.69. The van der Waals surface area contributed by atoms with Crippen LogP contribution >= 0.6 is 0 Å². The largest absolute Gasteiger partial charge is 0.497 e. The Kier molecular flexibility index (Phi) is 4.13. The van der Waals surface area contributed by atoms with E-state index in [0.29, 0.717) is 12.2 Å². The van der Waals surface area contributed by atoms with Crippen molar-refractivity contribution in [2.75, 3.05) is 13.7 Å². The number of aromatic nitrogens is 2. The molecule has 2 aromatic rings. The number of ether oxygens (including phenoxy) is 1. The first-order chi connectivity index (χ1) is 10.9. The topological polar surface area (TPSA) is 84.7 Å². The molecule has 23 heavy (non-hydrogen) atoms. The number of hydrogen-bond donors (Lipinski definition) is 1. The third kappa shape index (κ3) is 2.85. The minimum Gasteiger partial charge on any atom is -0.497 e. The Balaban J connectivity index is 2.01. The zero-order chi connectivity index (χ0) is 16.6. The first kappa shape index (κ1) is 16.0. The van der Waals surface area contributed by atoms with Gasteiger partial charge in [0.25, 0.3) is 10.0 Å². The van der Waals surface area contributed by atoms with Gasteiger partial charge in [0.05, 0.1) is 25.5 Å². The monoisotopic (exact) mass is 337 g/mol. The van der Waals surface area contributed by atoms with E-state index in [1.54, 1.807) is 26.3 Å². The van der Waals surface area contributed by atoms with E-state index in [4.69, 9.17) is 4.74 Å². The summed E-state index contributed by atoms with van der Waals surface area (Å²) in [4.78, 5) is 0. The van der Waals surface area contributed by atoms with Crippen molar-refractivity contribution in [1.82, 2.24) is 14.1 Å². The first-order valence-electron chi connectivity index (χ1n) is 7.25. The maximum Gasteiger partial charge on any atom is 0.260 e. The molecular formula is C15H19N3O4S. The van der Waals surface area contributed by atoms with Crippen LogP contribution < -0.4 is 4.74 Å². The molecule has 1 aliphatic heterocycles. The van der Waals surface area contributed by atoms with Gasteiger partial charge in [0.1, 0.15) is 5.75 Å². The number of methoxy groups -OCH3 is 1. The molecule has 0 saturated carbocycles. The van der Waals surface area contributed by atoms with Crippen molar-refractivity contribution in [2.24, 2.45) is 7.05 Å². The van der Waals surface area contributed by atoms with Crippen molar-refractivity contribution in [3.05, 3.63) is 42.1 Å². The average Bonchev–Trinajstić information content (AvgIpc) is 3.14. The van der Waals surface area contributed by atoms with Crippen molar-refractivity contribution >= 4 is 10.0 Å². The lowest BCUT2D eigenvalue weighted by Crippen LogP contribution is -2.33. The lowest BCUT2D eigenvalue weighted by Gasteiger charge is -2.24. The Morgan fingerprint density at radius 2 is 2.13 bits per heavy atom. The molecule has 1 aromatic carbocycles. The smallest absolute Gasteiger partial charge is 0.260 e. The molecule has 1 N–H and O–H groups in total. The van der Waals surface area contributed by atoms with Gasteiger partial charge in [-0.1, -0.05) is 12.1 Å². The number of sulfonamides is 1. The molecule has 1 aromatic heterocycles. The number of aryl methyl sites for hydroxylation is 1. The summed E-state index contributed by atoms with van der Waals surface area (Å²) in [6.07, 6.45) is 1.10. The van der Waals surface area contributed by atoms with Crippen LogP contribution in [0.15, 0.2) is 41.6 Å². The SMILES string of the molecule is COc1cccc([C@H]2C[C@@H](O)CN2S(=O)(=O)c2ccnn2C)c1. The van der Waals surface area contributed by atoms with Gasteiger partial charge in [-0.3, -0.25) is 4.68 Å². The molecule has 0 aliphatic carbocycles. The minimum absolute atomic E-state index is 0.0649. The molecule has 0 unspecified atom stereocenters. The van der Waals surface area contributed by atoms with Gasteiger partial charge in [-0.05, 0) is 30.2 Å². The Hall–Kier alpha value is -1.90. The molecule has 1 saturated heterocycles. The summed E-state index contributed by atoms with van der Waals surface area (Å²) in [5.74, 6) is 0.654. The van der Waals surface area contributed by atoms with Crippen molar-refractivity contribution in [3.8, 4) is 5.75 Å². The number of aliphatic hydroxyl groups excluding tert-OH is 1. The molecule has 1 fully saturated rings. The zero-order valence-electron chi connectivity index (χ0n) is 13.0. The fourth-order valence-corrected chi connectivity index (χ4v) is 4.70. The van der Waals surface area contributed by atoms with Gasteiger partial charge in [0.15, 0.2) is 5.03 Å². The predicted octanol–water partition coefficient (Wildman–Crippen LogP) is 0.925. The van der Waals surface area contributed by atoms with Gasteiger partial charge in [-0.2, -0.15) is 9.40 Å². The Labute approximate surface area is 135 Å². The maximum absolute atomic E-state index is 12.9. The molecule has 0 amide bonds. The number of benzene rings is 1. The normalized spacial score (nSPS) is 22.4. The molecule has 0 bridgehead atoms. The lowest BCUT2D eigenvalue weighted by atomic mass is 10.0. The van der Waals surface area contributed by atoms with Gasteiger partial charge in [-0.25, -0.2) is 8.42 Å². The standard InChI is InChI=1S/C15H19N3O4S/c1-17-15(6-7-16-17)23(20,21)18-10-12(19)9-14(18)11-4-3-5-13(8-11)22-2/h3-8,12,14,19H,9-10H2,1-2H3/t12-,14-/m1/s1. The third-order valence-electron chi connectivity index (χ3n) is 4.06. The van der Waals surface area contributed by atoms with Crippen LogP contribution in [0.25, 0.3) is 0 Å². The summed E-state index contributed by atoms with van der Waals surface area (Å²) in [7, 11) is -0.597. The number of hydrogen-bond acceptors (Lipinski definition) is 5. The van der Waals surface area contributed by atoms with Gasteiger partial charge >= 0.3 is 0 Å². The van der Waals surface area contributed by atoms with Crippen molar-refractivity contribution in [3.63, 3.8) is 0 Å². The third-order valence-corrected chi connectivity index (χ3v) is 6.01. The number of nitrogens with zero attached hydrogens (tertiary/aromatic N) is 3. The second-order valence-electron chi connectivity index (χ2n) is 5.55. The predicted molar refractivity (Wildman–Crippen MR) is 83.5 cm³/mol. The number of aliphatic hydroxyl groups is 1. The van der Waals surface area contributed by atoms with Crippen molar-refractivity contribution in [1.29, 1.82) is 0 Å². The lowest BCUT2D eigenvalue weighted by molar-refractivity contribution is 0.188. The summed E-state index contributed by atoms with van der Waals surface area (Å²) in [5, 5.41) is 14.1. The van der Waals surface area contributed by atoms with Gasteiger partial charge in [0, 0.05) is 13.6 Å². The average molecular weight is 337 g/mol. The number of β-amino-alcohol motifs (C(OH)–C–C–N with tert-alkyl or cyclic N) is 1. The van der Waals surface area contributed by atoms with Crippen LogP contribution in [-0.4, -0.2) is 47.4 Å². The molecule has 0 radical (unpaired) electrons. The van der Waals surface area contributed by atoms with E-state index in [-0.39, 0.29) is 11.6 Å². The fourth-order valence-electron chi connectivity index (χ4n) is 2.94. The van der Waals surface area contributed by atoms with E-state index in [1.807, 2.05) is 12.1 Å². The highest BCUT2D eigenvalue weighted by atomic mass is 32.2. The molecule has 2 atom stereocenters. The Morgan fingerprint density at radius 1 is 1.35 bits per heavy atom. The van der Waals surface area contributed by atoms with Crippen LogP contribution in [0.4, 0.5) is 0 Å². The van der Waals surface area contributed by atoms with Crippen LogP contribution in [0.5, 0.6) is 5.75 Å². The highest BCUT2D eigenvalue weighted by Gasteiger charge is 2.41. The molecule has 0 spiro atoms. The quantitative estimate of drug-likeness (QED) is 0.897. The zero-order valence-corrected chi connectivity index (χ0v) is 13.8.